The molecule has 0 saturated heterocycles. The molecule has 3 amide bonds. The number of hydrogen-bond acceptors (Lipinski definition) is 4. The van der Waals surface area contributed by atoms with E-state index in [0.29, 0.717) is 25.2 Å². The molecule has 0 N–H and O–H groups in total. The van der Waals surface area contributed by atoms with Crippen LogP contribution in [0.5, 0.6) is 5.75 Å². The minimum absolute atomic E-state index is 0.00867. The van der Waals surface area contributed by atoms with Gasteiger partial charge in [-0.05, 0) is 30.2 Å². The second kappa shape index (κ2) is 8.09. The Labute approximate surface area is 187 Å². The third kappa shape index (κ3) is 3.21. The molecule has 2 fully saturated rings. The maximum atomic E-state index is 15.0. The molecule has 1 aromatic carbocycles. The monoisotopic (exact) mass is 438 g/mol. The van der Waals surface area contributed by atoms with Crippen molar-refractivity contribution in [3.05, 3.63) is 30.1 Å². The summed E-state index contributed by atoms with van der Waals surface area (Å²) in [7, 11) is 0. The minimum atomic E-state index is -0.969. The van der Waals surface area contributed by atoms with Crippen LogP contribution in [0.1, 0.15) is 40.0 Å². The number of hydrogen-bond donors (Lipinski definition) is 0. The number of ether oxygens (including phenoxy) is 1. The number of nitrogens with zero attached hydrogens (tertiary/aromatic N) is 2. The van der Waals surface area contributed by atoms with E-state index in [1.165, 1.54) is 11.0 Å². The Morgan fingerprint density at radius 2 is 2.03 bits per heavy atom. The van der Waals surface area contributed by atoms with Crippen LogP contribution in [0.2, 0.25) is 0 Å². The average molecular weight is 438 g/mol. The van der Waals surface area contributed by atoms with Gasteiger partial charge in [0.25, 0.3) is 5.91 Å². The predicted molar refractivity (Wildman–Crippen MR) is 118 cm³/mol. The lowest BCUT2D eigenvalue weighted by atomic mass is 9.83. The van der Waals surface area contributed by atoms with Crippen molar-refractivity contribution in [2.75, 3.05) is 16.3 Å². The molecule has 1 heterocycles. The maximum absolute atomic E-state index is 15.0. The summed E-state index contributed by atoms with van der Waals surface area (Å²) in [5.74, 6) is 1.22. The Kier molecular flexibility index (Phi) is 5.58. The lowest BCUT2D eigenvalue weighted by molar-refractivity contribution is -0.128. The predicted octanol–water partition coefficient (Wildman–Crippen LogP) is 3.69. The van der Waals surface area contributed by atoms with E-state index in [9.17, 15) is 14.4 Å². The quantitative estimate of drug-likeness (QED) is 0.409. The molecule has 4 unspecified atom stereocenters. The SMILES string of the molecule is C#CCN1C(=O)C2(CC2)Oc2cc(F)c(N(C=O)C(=O)C3C4C=CC(C4)C3C)cc21.CC. The first kappa shape index (κ1) is 22.1. The van der Waals surface area contributed by atoms with Gasteiger partial charge < -0.3 is 4.74 Å². The van der Waals surface area contributed by atoms with Crippen LogP contribution in [0.25, 0.3) is 0 Å². The van der Waals surface area contributed by atoms with Crippen LogP contribution in [-0.2, 0) is 14.4 Å². The summed E-state index contributed by atoms with van der Waals surface area (Å²) in [6, 6.07) is 2.45. The second-order valence-electron chi connectivity index (χ2n) is 8.61. The lowest BCUT2D eigenvalue weighted by Gasteiger charge is -2.35. The standard InChI is InChI=1S/C23H21FN2O4.C2H6/c1-3-8-25-18-11-17(16(24)10-19(18)30-23(6-7-23)22(25)29)26(12-27)21(28)20-13(2)14-4-5-15(20)9-14;1-2/h1,4-5,10-15,20H,6-9H2,2H3;1-2H3. The number of anilines is 2. The first-order valence-electron chi connectivity index (χ1n) is 11.1. The van der Waals surface area contributed by atoms with Crippen molar-refractivity contribution in [3.8, 4) is 18.1 Å². The second-order valence-corrected chi connectivity index (χ2v) is 8.61. The van der Waals surface area contributed by atoms with Crippen molar-refractivity contribution in [2.45, 2.75) is 45.6 Å². The number of rotatable bonds is 4. The zero-order chi connectivity index (χ0) is 23.2. The van der Waals surface area contributed by atoms with Crippen LogP contribution in [-0.4, -0.2) is 30.4 Å². The van der Waals surface area contributed by atoms with E-state index in [2.05, 4.69) is 12.0 Å². The molecule has 5 rings (SSSR count). The number of fused-ring (bicyclic) bond motifs is 3. The summed E-state index contributed by atoms with van der Waals surface area (Å²) in [5, 5.41) is 0. The Morgan fingerprint density at radius 1 is 1.34 bits per heavy atom. The fourth-order valence-corrected chi connectivity index (χ4v) is 5.16. The molecule has 1 aliphatic heterocycles. The number of allylic oxidation sites excluding steroid dienone is 2. The van der Waals surface area contributed by atoms with E-state index in [1.54, 1.807) is 0 Å². The summed E-state index contributed by atoms with van der Waals surface area (Å²) in [5.41, 5.74) is -0.895. The Balaban J connectivity index is 0.00000119. The molecule has 7 heteroatoms. The van der Waals surface area contributed by atoms with E-state index in [4.69, 9.17) is 11.2 Å². The van der Waals surface area contributed by atoms with Gasteiger partial charge in [0.2, 0.25) is 12.3 Å². The van der Waals surface area contributed by atoms with E-state index < -0.39 is 17.3 Å². The fraction of sp³-hybridized carbons (Fsp3) is 0.480. The van der Waals surface area contributed by atoms with Crippen molar-refractivity contribution < 1.29 is 23.5 Å². The molecule has 3 aliphatic carbocycles. The first-order valence-corrected chi connectivity index (χ1v) is 11.1. The highest BCUT2D eigenvalue weighted by Gasteiger charge is 2.58. The summed E-state index contributed by atoms with van der Waals surface area (Å²) >= 11 is 0. The number of imide groups is 1. The zero-order valence-corrected chi connectivity index (χ0v) is 18.5. The molecule has 2 saturated carbocycles. The summed E-state index contributed by atoms with van der Waals surface area (Å²) in [6.07, 6.45) is 11.9. The van der Waals surface area contributed by atoms with E-state index in [1.807, 2.05) is 26.8 Å². The average Bonchev–Trinajstić information content (AvgIpc) is 3.27. The molecule has 2 bridgehead atoms. The molecule has 1 spiro atoms. The van der Waals surface area contributed by atoms with Gasteiger partial charge >= 0.3 is 0 Å². The summed E-state index contributed by atoms with van der Waals surface area (Å²) in [4.78, 5) is 40.1. The number of carbonyl (C=O) groups excluding carboxylic acids is 3. The first-order chi connectivity index (χ1) is 15.4. The third-order valence-electron chi connectivity index (χ3n) is 6.95. The van der Waals surface area contributed by atoms with Gasteiger partial charge in [-0.25, -0.2) is 9.29 Å². The molecular weight excluding hydrogens is 411 g/mol. The highest BCUT2D eigenvalue weighted by molar-refractivity contribution is 6.10. The summed E-state index contributed by atoms with van der Waals surface area (Å²) < 4.78 is 20.8. The molecule has 1 aromatic rings. The smallest absolute Gasteiger partial charge is 0.272 e. The van der Waals surface area contributed by atoms with Gasteiger partial charge in [0.1, 0.15) is 5.75 Å². The molecule has 0 radical (unpaired) electrons. The largest absolute Gasteiger partial charge is 0.475 e. The van der Waals surface area contributed by atoms with Crippen LogP contribution >= 0.6 is 0 Å². The Bertz CT molecular complexity index is 1040. The van der Waals surface area contributed by atoms with Crippen molar-refractivity contribution >= 4 is 29.6 Å². The van der Waals surface area contributed by atoms with Gasteiger partial charge in [-0.3, -0.25) is 19.3 Å². The number of amides is 3. The molecule has 4 atom stereocenters. The lowest BCUT2D eigenvalue weighted by Crippen LogP contribution is -2.48. The fourth-order valence-electron chi connectivity index (χ4n) is 5.16. The maximum Gasteiger partial charge on any atom is 0.272 e. The van der Waals surface area contributed by atoms with Gasteiger partial charge in [0, 0.05) is 24.8 Å². The minimum Gasteiger partial charge on any atom is -0.475 e. The zero-order valence-electron chi connectivity index (χ0n) is 18.5. The number of carbonyl (C=O) groups is 3. The molecule has 6 nitrogen and oxygen atoms in total. The normalized spacial score (nSPS) is 27.7. The number of halogens is 1. The van der Waals surface area contributed by atoms with Crippen LogP contribution in [0.3, 0.4) is 0 Å². The highest BCUT2D eigenvalue weighted by Crippen LogP contribution is 2.51. The van der Waals surface area contributed by atoms with E-state index in [0.717, 1.165) is 17.4 Å². The van der Waals surface area contributed by atoms with Gasteiger partial charge in [-0.2, -0.15) is 0 Å². The molecule has 0 aromatic heterocycles. The topological polar surface area (TPSA) is 66.9 Å². The van der Waals surface area contributed by atoms with Crippen LogP contribution in [0.15, 0.2) is 24.3 Å². The number of terminal acetylenes is 1. The van der Waals surface area contributed by atoms with Gasteiger partial charge in [0.05, 0.1) is 17.9 Å². The van der Waals surface area contributed by atoms with E-state index in [-0.39, 0.29) is 47.3 Å². The van der Waals surface area contributed by atoms with Crippen molar-refractivity contribution in [1.82, 2.24) is 0 Å². The van der Waals surface area contributed by atoms with E-state index >= 15 is 4.39 Å². The van der Waals surface area contributed by atoms with Gasteiger partial charge in [-0.1, -0.05) is 38.8 Å². The molecule has 32 heavy (non-hydrogen) atoms. The van der Waals surface area contributed by atoms with Crippen LogP contribution in [0.4, 0.5) is 15.8 Å². The van der Waals surface area contributed by atoms with Crippen LogP contribution in [0, 0.1) is 41.8 Å². The molecule has 168 valence electrons. The van der Waals surface area contributed by atoms with Crippen LogP contribution < -0.4 is 14.5 Å². The van der Waals surface area contributed by atoms with Crippen molar-refractivity contribution in [1.29, 1.82) is 0 Å². The molecule has 4 aliphatic rings. The van der Waals surface area contributed by atoms with Crippen molar-refractivity contribution in [3.63, 3.8) is 0 Å². The molecular formula is C25H27FN2O4. The van der Waals surface area contributed by atoms with Gasteiger partial charge in [-0.15, -0.1) is 6.42 Å². The van der Waals surface area contributed by atoms with Gasteiger partial charge in [0.15, 0.2) is 11.4 Å². The summed E-state index contributed by atoms with van der Waals surface area (Å²) in [6.45, 7) is 5.98. The Morgan fingerprint density at radius 3 is 2.59 bits per heavy atom. The third-order valence-corrected chi connectivity index (χ3v) is 6.95. The highest BCUT2D eigenvalue weighted by atomic mass is 19.1. The van der Waals surface area contributed by atoms with Crippen molar-refractivity contribution in [2.24, 2.45) is 23.7 Å². The number of benzene rings is 1. The Hall–Kier alpha value is -3.14.